The number of hydrogen-bond acceptors (Lipinski definition) is 4. The van der Waals surface area contributed by atoms with Crippen molar-refractivity contribution >= 4 is 17.7 Å². The van der Waals surface area contributed by atoms with Crippen molar-refractivity contribution in [2.24, 2.45) is 0 Å². The number of carboxylic acids is 1. The number of thioether (sulfide) groups is 1. The zero-order valence-electron chi connectivity index (χ0n) is 12.4. The van der Waals surface area contributed by atoms with Crippen LogP contribution in [0, 0.1) is 0 Å². The van der Waals surface area contributed by atoms with E-state index >= 15 is 0 Å². The van der Waals surface area contributed by atoms with Crippen molar-refractivity contribution in [2.45, 2.75) is 50.8 Å². The van der Waals surface area contributed by atoms with Gasteiger partial charge in [-0.25, -0.2) is 0 Å². The quantitative estimate of drug-likeness (QED) is 0.612. The Kier molecular flexibility index (Phi) is 7.77. The molecule has 1 heterocycles. The number of carbonyl (C=O) groups is 1. The molecule has 0 aliphatic heterocycles. The lowest BCUT2D eigenvalue weighted by molar-refractivity contribution is -0.144. The summed E-state index contributed by atoms with van der Waals surface area (Å²) in [6.45, 7) is 4.57. The van der Waals surface area contributed by atoms with Gasteiger partial charge in [0.15, 0.2) is 0 Å². The minimum Gasteiger partial charge on any atom is -0.480 e. The molecule has 0 saturated carbocycles. The monoisotopic (exact) mass is 299 g/mol. The van der Waals surface area contributed by atoms with Gasteiger partial charge in [-0.15, -0.1) is 0 Å². The van der Waals surface area contributed by atoms with Crippen LogP contribution < -0.4 is 5.32 Å². The van der Waals surface area contributed by atoms with E-state index in [0.29, 0.717) is 6.42 Å². The molecule has 0 amide bonds. The summed E-state index contributed by atoms with van der Waals surface area (Å²) in [4.78, 5) is 11.3. The van der Waals surface area contributed by atoms with Crippen molar-refractivity contribution in [3.05, 3.63) is 24.2 Å². The SMILES string of the molecule is CCCNC(C)(CCCCSCc1ccco1)C(=O)O. The Morgan fingerprint density at radius 2 is 2.30 bits per heavy atom. The molecular formula is C15H25NO3S. The van der Waals surface area contributed by atoms with Gasteiger partial charge < -0.3 is 14.8 Å². The molecule has 1 unspecified atom stereocenters. The van der Waals surface area contributed by atoms with Crippen molar-refractivity contribution in [2.75, 3.05) is 12.3 Å². The molecule has 114 valence electrons. The van der Waals surface area contributed by atoms with Crippen LogP contribution in [0.2, 0.25) is 0 Å². The second-order valence-electron chi connectivity index (χ2n) is 5.15. The Balaban J connectivity index is 2.15. The normalized spacial score (nSPS) is 14.1. The number of rotatable bonds is 11. The minimum atomic E-state index is -0.790. The first kappa shape index (κ1) is 17.1. The van der Waals surface area contributed by atoms with Crippen molar-refractivity contribution < 1.29 is 14.3 Å². The Hall–Kier alpha value is -0.940. The second-order valence-corrected chi connectivity index (χ2v) is 6.26. The van der Waals surface area contributed by atoms with Crippen LogP contribution in [0.1, 0.15) is 45.3 Å². The molecule has 0 saturated heterocycles. The van der Waals surface area contributed by atoms with Gasteiger partial charge in [-0.05, 0) is 50.6 Å². The Morgan fingerprint density at radius 1 is 1.50 bits per heavy atom. The van der Waals surface area contributed by atoms with Crippen LogP contribution in [-0.2, 0) is 10.5 Å². The molecule has 4 nitrogen and oxygen atoms in total. The minimum absolute atomic E-state index is 0.670. The molecule has 0 bridgehead atoms. The van der Waals surface area contributed by atoms with E-state index in [1.54, 1.807) is 13.2 Å². The zero-order chi connectivity index (χ0) is 14.8. The molecule has 0 aliphatic carbocycles. The number of hydrogen-bond donors (Lipinski definition) is 2. The van der Waals surface area contributed by atoms with Crippen molar-refractivity contribution in [3.63, 3.8) is 0 Å². The topological polar surface area (TPSA) is 62.5 Å². The lowest BCUT2D eigenvalue weighted by atomic mass is 9.95. The molecule has 0 aliphatic rings. The van der Waals surface area contributed by atoms with Crippen LogP contribution in [0.5, 0.6) is 0 Å². The highest BCUT2D eigenvalue weighted by atomic mass is 32.2. The van der Waals surface area contributed by atoms with Gasteiger partial charge in [-0.3, -0.25) is 4.79 Å². The third-order valence-corrected chi connectivity index (χ3v) is 4.34. The first-order valence-corrected chi connectivity index (χ1v) is 8.32. The first-order valence-electron chi connectivity index (χ1n) is 7.17. The standard InChI is InChI=1S/C15H25NO3S/c1-3-9-16-15(2,14(17)18)8-4-5-11-20-12-13-7-6-10-19-13/h6-7,10,16H,3-5,8-9,11-12H2,1-2H3,(H,17,18). The van der Waals surface area contributed by atoms with Gasteiger partial charge in [-0.2, -0.15) is 11.8 Å². The van der Waals surface area contributed by atoms with Gasteiger partial charge in [0, 0.05) is 0 Å². The lowest BCUT2D eigenvalue weighted by Crippen LogP contribution is -2.49. The van der Waals surface area contributed by atoms with Crippen molar-refractivity contribution in [3.8, 4) is 0 Å². The molecule has 0 aromatic carbocycles. The zero-order valence-corrected chi connectivity index (χ0v) is 13.2. The van der Waals surface area contributed by atoms with E-state index in [-0.39, 0.29) is 0 Å². The molecule has 0 spiro atoms. The summed E-state index contributed by atoms with van der Waals surface area (Å²) in [5, 5.41) is 12.4. The highest BCUT2D eigenvalue weighted by Gasteiger charge is 2.31. The molecule has 0 radical (unpaired) electrons. The molecule has 0 fully saturated rings. The summed E-state index contributed by atoms with van der Waals surface area (Å²) >= 11 is 1.83. The van der Waals surface area contributed by atoms with E-state index in [4.69, 9.17) is 4.42 Å². The summed E-state index contributed by atoms with van der Waals surface area (Å²) < 4.78 is 5.26. The maximum Gasteiger partial charge on any atom is 0.323 e. The molecule has 1 atom stereocenters. The van der Waals surface area contributed by atoms with E-state index in [9.17, 15) is 9.90 Å². The predicted molar refractivity (Wildman–Crippen MR) is 83.1 cm³/mol. The number of carboxylic acid groups (broad SMARTS) is 1. The average Bonchev–Trinajstić information content (AvgIpc) is 2.93. The van der Waals surface area contributed by atoms with Gasteiger partial charge in [0.05, 0.1) is 12.0 Å². The molecule has 5 heteroatoms. The molecule has 20 heavy (non-hydrogen) atoms. The Labute approximate surface area is 125 Å². The largest absolute Gasteiger partial charge is 0.480 e. The van der Waals surface area contributed by atoms with Gasteiger partial charge >= 0.3 is 5.97 Å². The van der Waals surface area contributed by atoms with E-state index in [2.05, 4.69) is 5.32 Å². The summed E-state index contributed by atoms with van der Waals surface area (Å²) in [6.07, 6.45) is 5.26. The van der Waals surface area contributed by atoms with Crippen LogP contribution in [0.3, 0.4) is 0 Å². The van der Waals surface area contributed by atoms with Crippen molar-refractivity contribution in [1.29, 1.82) is 0 Å². The van der Waals surface area contributed by atoms with Crippen LogP contribution in [0.15, 0.2) is 22.8 Å². The third kappa shape index (κ3) is 6.01. The van der Waals surface area contributed by atoms with Gasteiger partial charge in [-0.1, -0.05) is 13.3 Å². The van der Waals surface area contributed by atoms with Gasteiger partial charge in [0.2, 0.25) is 0 Å². The van der Waals surface area contributed by atoms with E-state index in [1.165, 1.54) is 0 Å². The molecule has 1 aromatic rings. The second kappa shape index (κ2) is 9.08. The summed E-state index contributed by atoms with van der Waals surface area (Å²) in [5.41, 5.74) is -0.790. The number of furan rings is 1. The third-order valence-electron chi connectivity index (χ3n) is 3.28. The van der Waals surface area contributed by atoms with Gasteiger partial charge in [0.1, 0.15) is 11.3 Å². The predicted octanol–water partition coefficient (Wildman–Crippen LogP) is 3.53. The fourth-order valence-electron chi connectivity index (χ4n) is 1.92. The summed E-state index contributed by atoms with van der Waals surface area (Å²) in [7, 11) is 0. The Bertz CT molecular complexity index is 380. The summed E-state index contributed by atoms with van der Waals surface area (Å²) in [6, 6.07) is 3.87. The van der Waals surface area contributed by atoms with E-state index < -0.39 is 11.5 Å². The van der Waals surface area contributed by atoms with Crippen LogP contribution in [0.4, 0.5) is 0 Å². The van der Waals surface area contributed by atoms with E-state index in [1.807, 2.05) is 30.8 Å². The maximum absolute atomic E-state index is 11.3. The number of aliphatic carboxylic acids is 1. The molecular weight excluding hydrogens is 274 g/mol. The molecule has 1 aromatic heterocycles. The molecule has 1 rings (SSSR count). The average molecular weight is 299 g/mol. The van der Waals surface area contributed by atoms with E-state index in [0.717, 1.165) is 43.1 Å². The summed E-state index contributed by atoms with van der Waals surface area (Å²) in [5.74, 6) is 2.16. The molecule has 2 N–H and O–H groups in total. The lowest BCUT2D eigenvalue weighted by Gasteiger charge is -2.26. The fraction of sp³-hybridized carbons (Fsp3) is 0.667. The highest BCUT2D eigenvalue weighted by molar-refractivity contribution is 7.98. The highest BCUT2D eigenvalue weighted by Crippen LogP contribution is 2.18. The smallest absolute Gasteiger partial charge is 0.323 e. The van der Waals surface area contributed by atoms with Crippen LogP contribution in [-0.4, -0.2) is 28.9 Å². The number of nitrogens with one attached hydrogen (secondary N) is 1. The first-order chi connectivity index (χ1) is 9.58. The van der Waals surface area contributed by atoms with Crippen molar-refractivity contribution in [1.82, 2.24) is 5.32 Å². The fourth-order valence-corrected chi connectivity index (χ4v) is 2.84. The maximum atomic E-state index is 11.3. The Morgan fingerprint density at radius 3 is 2.90 bits per heavy atom. The van der Waals surface area contributed by atoms with Crippen LogP contribution >= 0.6 is 11.8 Å². The van der Waals surface area contributed by atoms with Crippen LogP contribution in [0.25, 0.3) is 0 Å². The number of unbranched alkanes of at least 4 members (excludes halogenated alkanes) is 1. The van der Waals surface area contributed by atoms with Gasteiger partial charge in [0.25, 0.3) is 0 Å².